The van der Waals surface area contributed by atoms with Gasteiger partial charge in [0.2, 0.25) is 0 Å². The lowest BCUT2D eigenvalue weighted by atomic mass is 10.0. The van der Waals surface area contributed by atoms with Gasteiger partial charge in [0.05, 0.1) is 0 Å². The van der Waals surface area contributed by atoms with Crippen molar-refractivity contribution in [1.82, 2.24) is 5.32 Å². The van der Waals surface area contributed by atoms with Crippen molar-refractivity contribution < 1.29 is 4.39 Å². The molecule has 0 spiro atoms. The minimum Gasteiger partial charge on any atom is -0.307 e. The van der Waals surface area contributed by atoms with E-state index in [0.29, 0.717) is 5.56 Å². The van der Waals surface area contributed by atoms with Crippen LogP contribution in [0.15, 0.2) is 46.9 Å². The molecule has 1 nitrogen and oxygen atoms in total. The molecule has 2 aromatic carbocycles. The maximum absolute atomic E-state index is 14.0. The van der Waals surface area contributed by atoms with E-state index in [2.05, 4.69) is 59.4 Å². The lowest BCUT2D eigenvalue weighted by molar-refractivity contribution is 0.460. The standard InChI is InChI=1S/C18H21BrFN/c1-12-6-4-5-7-15(12)10-13(2)21-14(3)17-9-8-16(19)11-18(17)20/h4-9,11,13-14,21H,10H2,1-3H3. The van der Waals surface area contributed by atoms with Crippen molar-refractivity contribution in [2.45, 2.75) is 39.3 Å². The Balaban J connectivity index is 2.02. The zero-order chi connectivity index (χ0) is 15.4. The summed E-state index contributed by atoms with van der Waals surface area (Å²) in [5.74, 6) is -0.174. The topological polar surface area (TPSA) is 12.0 Å². The van der Waals surface area contributed by atoms with E-state index < -0.39 is 0 Å². The maximum Gasteiger partial charge on any atom is 0.129 e. The highest BCUT2D eigenvalue weighted by Gasteiger charge is 2.14. The van der Waals surface area contributed by atoms with Gasteiger partial charge in [-0.1, -0.05) is 46.3 Å². The first-order valence-electron chi connectivity index (χ1n) is 7.23. The molecule has 21 heavy (non-hydrogen) atoms. The molecule has 112 valence electrons. The Bertz CT molecular complexity index is 612. The number of benzene rings is 2. The summed E-state index contributed by atoms with van der Waals surface area (Å²) in [5, 5.41) is 3.48. The van der Waals surface area contributed by atoms with Gasteiger partial charge < -0.3 is 5.32 Å². The lowest BCUT2D eigenvalue weighted by Gasteiger charge is -2.21. The van der Waals surface area contributed by atoms with Crippen LogP contribution >= 0.6 is 15.9 Å². The second-order valence-corrected chi connectivity index (χ2v) is 6.50. The molecule has 2 atom stereocenters. The predicted molar refractivity (Wildman–Crippen MR) is 90.0 cm³/mol. The molecule has 0 bridgehead atoms. The highest BCUT2D eigenvalue weighted by atomic mass is 79.9. The van der Waals surface area contributed by atoms with Gasteiger partial charge in [0.15, 0.2) is 0 Å². The van der Waals surface area contributed by atoms with Gasteiger partial charge in [0.1, 0.15) is 5.82 Å². The summed E-state index contributed by atoms with van der Waals surface area (Å²) in [5.41, 5.74) is 3.34. The van der Waals surface area contributed by atoms with Gasteiger partial charge in [-0.05, 0) is 50.5 Å². The van der Waals surface area contributed by atoms with Gasteiger partial charge in [0.25, 0.3) is 0 Å². The molecule has 0 saturated carbocycles. The number of nitrogens with one attached hydrogen (secondary N) is 1. The van der Waals surface area contributed by atoms with Crippen LogP contribution in [0.5, 0.6) is 0 Å². The first kappa shape index (κ1) is 16.2. The molecule has 1 N–H and O–H groups in total. The third-order valence-electron chi connectivity index (χ3n) is 3.75. The molecule has 0 aliphatic carbocycles. The molecule has 0 aromatic heterocycles. The normalized spacial score (nSPS) is 14.0. The lowest BCUT2D eigenvalue weighted by Crippen LogP contribution is -2.31. The van der Waals surface area contributed by atoms with E-state index in [9.17, 15) is 4.39 Å². The summed E-state index contributed by atoms with van der Waals surface area (Å²) in [6.07, 6.45) is 0.940. The van der Waals surface area contributed by atoms with E-state index in [1.54, 1.807) is 0 Å². The minimum atomic E-state index is -0.174. The molecular formula is C18H21BrFN. The van der Waals surface area contributed by atoms with Gasteiger partial charge in [-0.15, -0.1) is 0 Å². The Morgan fingerprint density at radius 2 is 1.86 bits per heavy atom. The number of halogens is 2. The van der Waals surface area contributed by atoms with Crippen LogP contribution in [-0.4, -0.2) is 6.04 Å². The molecule has 2 aromatic rings. The van der Waals surface area contributed by atoms with Crippen molar-refractivity contribution in [1.29, 1.82) is 0 Å². The summed E-state index contributed by atoms with van der Waals surface area (Å²) in [6, 6.07) is 13.9. The van der Waals surface area contributed by atoms with E-state index in [4.69, 9.17) is 0 Å². The van der Waals surface area contributed by atoms with E-state index in [1.165, 1.54) is 17.2 Å². The summed E-state index contributed by atoms with van der Waals surface area (Å²) >= 11 is 3.29. The zero-order valence-corrected chi connectivity index (χ0v) is 14.2. The molecule has 0 aliphatic heterocycles. The van der Waals surface area contributed by atoms with Gasteiger partial charge in [0, 0.05) is 22.1 Å². The van der Waals surface area contributed by atoms with E-state index in [1.807, 2.05) is 19.1 Å². The van der Waals surface area contributed by atoms with Crippen LogP contribution in [0, 0.1) is 12.7 Å². The molecule has 2 unspecified atom stereocenters. The van der Waals surface area contributed by atoms with Crippen molar-refractivity contribution in [3.8, 4) is 0 Å². The van der Waals surface area contributed by atoms with Crippen molar-refractivity contribution in [3.63, 3.8) is 0 Å². The molecule has 0 radical (unpaired) electrons. The third kappa shape index (κ3) is 4.39. The monoisotopic (exact) mass is 349 g/mol. The highest BCUT2D eigenvalue weighted by molar-refractivity contribution is 9.10. The zero-order valence-electron chi connectivity index (χ0n) is 12.7. The average Bonchev–Trinajstić information content (AvgIpc) is 2.41. The molecule has 0 amide bonds. The fraction of sp³-hybridized carbons (Fsp3) is 0.333. The summed E-state index contributed by atoms with van der Waals surface area (Å²) in [7, 11) is 0. The van der Waals surface area contributed by atoms with Crippen LogP contribution in [0.4, 0.5) is 4.39 Å². The molecular weight excluding hydrogens is 329 g/mol. The van der Waals surface area contributed by atoms with Gasteiger partial charge >= 0.3 is 0 Å². The molecule has 3 heteroatoms. The van der Waals surface area contributed by atoms with Crippen molar-refractivity contribution in [2.75, 3.05) is 0 Å². The molecule has 0 saturated heterocycles. The highest BCUT2D eigenvalue weighted by Crippen LogP contribution is 2.21. The molecule has 0 fully saturated rings. The van der Waals surface area contributed by atoms with Crippen molar-refractivity contribution in [2.24, 2.45) is 0 Å². The molecule has 0 aliphatic rings. The Morgan fingerprint density at radius 3 is 2.52 bits per heavy atom. The second kappa shape index (κ2) is 7.19. The molecule has 0 heterocycles. The van der Waals surface area contributed by atoms with Crippen molar-refractivity contribution >= 4 is 15.9 Å². The van der Waals surface area contributed by atoms with Crippen LogP contribution in [0.3, 0.4) is 0 Å². The predicted octanol–water partition coefficient (Wildman–Crippen LogP) is 5.18. The van der Waals surface area contributed by atoms with Crippen LogP contribution in [0.2, 0.25) is 0 Å². The number of rotatable bonds is 5. The Hall–Kier alpha value is -1.19. The van der Waals surface area contributed by atoms with Gasteiger partial charge in [-0.3, -0.25) is 0 Å². The largest absolute Gasteiger partial charge is 0.307 e. The fourth-order valence-corrected chi connectivity index (χ4v) is 2.93. The third-order valence-corrected chi connectivity index (χ3v) is 4.24. The number of aryl methyl sites for hydroxylation is 1. The van der Waals surface area contributed by atoms with E-state index in [0.717, 1.165) is 10.9 Å². The summed E-state index contributed by atoms with van der Waals surface area (Å²) in [6.45, 7) is 6.26. The van der Waals surface area contributed by atoms with Crippen LogP contribution in [-0.2, 0) is 6.42 Å². The SMILES string of the molecule is Cc1ccccc1CC(C)NC(C)c1ccc(Br)cc1F. The number of hydrogen-bond acceptors (Lipinski definition) is 1. The maximum atomic E-state index is 14.0. The quantitative estimate of drug-likeness (QED) is 0.784. The first-order chi connectivity index (χ1) is 9.97. The van der Waals surface area contributed by atoms with E-state index >= 15 is 0 Å². The Labute approximate surface area is 134 Å². The van der Waals surface area contributed by atoms with Crippen LogP contribution < -0.4 is 5.32 Å². The number of hydrogen-bond donors (Lipinski definition) is 1. The average molecular weight is 350 g/mol. The smallest absolute Gasteiger partial charge is 0.129 e. The fourth-order valence-electron chi connectivity index (χ4n) is 2.60. The van der Waals surface area contributed by atoms with E-state index in [-0.39, 0.29) is 17.9 Å². The Morgan fingerprint density at radius 1 is 1.14 bits per heavy atom. The summed E-state index contributed by atoms with van der Waals surface area (Å²) < 4.78 is 14.7. The minimum absolute atomic E-state index is 0.0166. The molecule has 2 rings (SSSR count). The first-order valence-corrected chi connectivity index (χ1v) is 8.02. The van der Waals surface area contributed by atoms with Gasteiger partial charge in [-0.2, -0.15) is 0 Å². The second-order valence-electron chi connectivity index (χ2n) is 5.59. The van der Waals surface area contributed by atoms with Crippen molar-refractivity contribution in [3.05, 3.63) is 69.4 Å². The van der Waals surface area contributed by atoms with Crippen LogP contribution in [0.25, 0.3) is 0 Å². The van der Waals surface area contributed by atoms with Crippen LogP contribution in [0.1, 0.15) is 36.6 Å². The summed E-state index contributed by atoms with van der Waals surface area (Å²) in [4.78, 5) is 0. The van der Waals surface area contributed by atoms with Gasteiger partial charge in [-0.25, -0.2) is 4.39 Å². The Kier molecular flexibility index (Phi) is 5.54.